The number of H-pyrrole nitrogens is 2. The summed E-state index contributed by atoms with van der Waals surface area (Å²) in [6.45, 7) is 0. The second-order valence-corrected chi connectivity index (χ2v) is 8.24. The summed E-state index contributed by atoms with van der Waals surface area (Å²) in [5.74, 6) is 0. The number of aromatic amines is 2. The van der Waals surface area contributed by atoms with Crippen LogP contribution in [-0.4, -0.2) is 33.4 Å². The Balaban J connectivity index is 1.63. The van der Waals surface area contributed by atoms with E-state index in [1.54, 1.807) is 42.6 Å². The lowest BCUT2D eigenvalue weighted by Gasteiger charge is -2.08. The Bertz CT molecular complexity index is 1460. The van der Waals surface area contributed by atoms with Crippen molar-refractivity contribution in [2.24, 2.45) is 0 Å². The summed E-state index contributed by atoms with van der Waals surface area (Å²) >= 11 is 6.00. The molecule has 0 aliphatic rings. The van der Waals surface area contributed by atoms with Crippen LogP contribution in [-0.2, 0) is 10.0 Å². The highest BCUT2D eigenvalue weighted by Crippen LogP contribution is 2.23. The fourth-order valence-corrected chi connectivity index (χ4v) is 3.93. The molecule has 0 radical (unpaired) electrons. The van der Waals surface area contributed by atoms with Crippen LogP contribution in [0.5, 0.6) is 0 Å². The number of sulfonamides is 1. The van der Waals surface area contributed by atoms with E-state index in [1.807, 2.05) is 11.1 Å². The average molecular weight is 445 g/mol. The van der Waals surface area contributed by atoms with E-state index in [0.717, 1.165) is 11.9 Å². The molecular weight excluding hydrogens is 432 g/mol. The van der Waals surface area contributed by atoms with Crippen molar-refractivity contribution >= 4 is 27.3 Å². The van der Waals surface area contributed by atoms with Crippen LogP contribution < -0.4 is 16.0 Å². The van der Waals surface area contributed by atoms with Crippen molar-refractivity contribution in [1.82, 2.24) is 25.0 Å². The van der Waals surface area contributed by atoms with Gasteiger partial charge in [0.2, 0.25) is 0 Å². The zero-order valence-corrected chi connectivity index (χ0v) is 16.6. The zero-order valence-electron chi connectivity index (χ0n) is 15.0. The maximum Gasteiger partial charge on any atom is 0.325 e. The molecule has 152 valence electrons. The molecule has 2 aromatic carbocycles. The summed E-state index contributed by atoms with van der Waals surface area (Å²) in [5.41, 5.74) is 0.193. The first-order valence-corrected chi connectivity index (χ1v) is 10.3. The largest absolute Gasteiger partial charge is 0.325 e. The quantitative estimate of drug-likeness (QED) is 0.428. The van der Waals surface area contributed by atoms with Gasteiger partial charge >= 0.3 is 5.69 Å². The maximum absolute atomic E-state index is 12.5. The van der Waals surface area contributed by atoms with Crippen molar-refractivity contribution in [2.45, 2.75) is 4.90 Å². The lowest BCUT2D eigenvalue weighted by Crippen LogP contribution is -2.29. The Labute approximate surface area is 174 Å². The molecule has 0 amide bonds. The van der Waals surface area contributed by atoms with E-state index in [4.69, 9.17) is 11.6 Å². The van der Waals surface area contributed by atoms with E-state index >= 15 is 0 Å². The standard InChI is InChI=1S/C18H13ClN6O4S/c19-12-4-2-6-14(8-12)25-10-15(22-24-25)11-3-1-5-13(7-11)23-30(28,29)16-9-20-18(27)21-17(16)26/h1-10,23H,(H2,20,21,26,27). The van der Waals surface area contributed by atoms with Crippen LogP contribution in [0.2, 0.25) is 5.02 Å². The highest BCUT2D eigenvalue weighted by Gasteiger charge is 2.19. The summed E-state index contributed by atoms with van der Waals surface area (Å²) in [5, 5.41) is 8.73. The number of nitrogens with one attached hydrogen (secondary N) is 3. The van der Waals surface area contributed by atoms with Gasteiger partial charge in [0.05, 0.1) is 11.9 Å². The molecular formula is C18H13ClN6O4S. The lowest BCUT2D eigenvalue weighted by molar-refractivity contribution is 0.599. The third kappa shape index (κ3) is 4.02. The molecule has 0 atom stereocenters. The van der Waals surface area contributed by atoms with Crippen LogP contribution >= 0.6 is 11.6 Å². The number of nitrogens with zero attached hydrogens (tertiary/aromatic N) is 3. The van der Waals surface area contributed by atoms with Crippen molar-refractivity contribution < 1.29 is 8.42 Å². The van der Waals surface area contributed by atoms with Crippen LogP contribution in [0.25, 0.3) is 16.9 Å². The van der Waals surface area contributed by atoms with Crippen LogP contribution in [0.15, 0.2) is 75.4 Å². The van der Waals surface area contributed by atoms with Crippen LogP contribution in [0, 0.1) is 0 Å². The van der Waals surface area contributed by atoms with E-state index in [1.165, 1.54) is 10.7 Å². The Kier molecular flexibility index (Phi) is 4.98. The van der Waals surface area contributed by atoms with Gasteiger partial charge in [0.1, 0.15) is 5.69 Å². The SMILES string of the molecule is O=c1[nH]cc(S(=O)(=O)Nc2cccc(-c3cn(-c4cccc(Cl)c4)nn3)c2)c(=O)[nH]1. The van der Waals surface area contributed by atoms with Crippen molar-refractivity contribution in [3.8, 4) is 16.9 Å². The van der Waals surface area contributed by atoms with Gasteiger partial charge in [-0.25, -0.2) is 17.9 Å². The predicted molar refractivity (Wildman–Crippen MR) is 110 cm³/mol. The van der Waals surface area contributed by atoms with E-state index in [0.29, 0.717) is 16.3 Å². The maximum atomic E-state index is 12.5. The highest BCUT2D eigenvalue weighted by molar-refractivity contribution is 7.92. The fourth-order valence-electron chi connectivity index (χ4n) is 2.69. The Morgan fingerprint density at radius 2 is 1.87 bits per heavy atom. The lowest BCUT2D eigenvalue weighted by atomic mass is 10.1. The van der Waals surface area contributed by atoms with Crippen LogP contribution in [0.4, 0.5) is 5.69 Å². The molecule has 0 aliphatic carbocycles. The number of anilines is 1. The third-order valence-corrected chi connectivity index (χ3v) is 5.67. The van der Waals surface area contributed by atoms with Gasteiger partial charge in [0.15, 0.2) is 4.90 Å². The molecule has 0 aliphatic heterocycles. The summed E-state index contributed by atoms with van der Waals surface area (Å²) in [4.78, 5) is 26.3. The first-order valence-electron chi connectivity index (χ1n) is 8.45. The van der Waals surface area contributed by atoms with Crippen LogP contribution in [0.1, 0.15) is 0 Å². The number of aromatic nitrogens is 5. The minimum absolute atomic E-state index is 0.204. The van der Waals surface area contributed by atoms with E-state index < -0.39 is 26.2 Å². The molecule has 0 spiro atoms. The summed E-state index contributed by atoms with van der Waals surface area (Å²) in [7, 11) is -4.22. The monoisotopic (exact) mass is 444 g/mol. The minimum atomic E-state index is -4.22. The summed E-state index contributed by atoms with van der Waals surface area (Å²) in [6, 6.07) is 13.5. The zero-order chi connectivity index (χ0) is 21.3. The smallest absolute Gasteiger partial charge is 0.313 e. The number of hydrogen-bond acceptors (Lipinski definition) is 6. The van der Waals surface area contributed by atoms with Crippen LogP contribution in [0.3, 0.4) is 0 Å². The number of rotatable bonds is 5. The van der Waals surface area contributed by atoms with Crippen molar-refractivity contribution in [3.63, 3.8) is 0 Å². The molecule has 12 heteroatoms. The molecule has 2 aromatic heterocycles. The molecule has 10 nitrogen and oxygen atoms in total. The highest BCUT2D eigenvalue weighted by atomic mass is 35.5. The third-order valence-electron chi connectivity index (χ3n) is 4.05. The molecule has 4 aromatic rings. The second kappa shape index (κ2) is 7.61. The molecule has 3 N–H and O–H groups in total. The van der Waals surface area contributed by atoms with Gasteiger partial charge in [0.25, 0.3) is 15.6 Å². The molecule has 2 heterocycles. The van der Waals surface area contributed by atoms with Gasteiger partial charge in [0, 0.05) is 22.5 Å². The predicted octanol–water partition coefficient (Wildman–Crippen LogP) is 1.77. The Hall–Kier alpha value is -3.70. The first-order chi connectivity index (χ1) is 14.3. The van der Waals surface area contributed by atoms with Gasteiger partial charge in [-0.2, -0.15) is 0 Å². The number of benzene rings is 2. The average Bonchev–Trinajstić information content (AvgIpc) is 3.18. The van der Waals surface area contributed by atoms with Crippen molar-refractivity contribution in [3.05, 3.63) is 86.8 Å². The summed E-state index contributed by atoms with van der Waals surface area (Å²) in [6.07, 6.45) is 2.51. The summed E-state index contributed by atoms with van der Waals surface area (Å²) < 4.78 is 28.9. The second-order valence-electron chi connectivity index (χ2n) is 6.15. The van der Waals surface area contributed by atoms with Gasteiger partial charge < -0.3 is 4.98 Å². The molecule has 0 fully saturated rings. The van der Waals surface area contributed by atoms with Crippen molar-refractivity contribution in [2.75, 3.05) is 4.72 Å². The molecule has 30 heavy (non-hydrogen) atoms. The number of hydrogen-bond donors (Lipinski definition) is 3. The number of halogens is 1. The fraction of sp³-hybridized carbons (Fsp3) is 0. The molecule has 0 unspecified atom stereocenters. The first kappa shape index (κ1) is 19.6. The molecule has 0 bridgehead atoms. The van der Waals surface area contributed by atoms with Gasteiger partial charge in [-0.3, -0.25) is 14.5 Å². The Morgan fingerprint density at radius 1 is 1.07 bits per heavy atom. The normalized spacial score (nSPS) is 11.4. The molecule has 0 saturated carbocycles. The van der Waals surface area contributed by atoms with E-state index in [9.17, 15) is 18.0 Å². The van der Waals surface area contributed by atoms with Gasteiger partial charge in [-0.1, -0.05) is 35.0 Å². The minimum Gasteiger partial charge on any atom is -0.313 e. The van der Waals surface area contributed by atoms with Gasteiger partial charge in [-0.15, -0.1) is 5.10 Å². The molecule has 4 rings (SSSR count). The van der Waals surface area contributed by atoms with E-state index in [2.05, 4.69) is 20.0 Å². The van der Waals surface area contributed by atoms with E-state index in [-0.39, 0.29) is 5.69 Å². The molecule has 0 saturated heterocycles. The van der Waals surface area contributed by atoms with Gasteiger partial charge in [-0.05, 0) is 30.3 Å². The van der Waals surface area contributed by atoms with Crippen molar-refractivity contribution in [1.29, 1.82) is 0 Å². The Morgan fingerprint density at radius 3 is 2.63 bits per heavy atom. The topological polar surface area (TPSA) is 143 Å².